The standard InChI is InChI=1S/C10H12BrN3OS/c1-10(12,8-2-6(11)5-16-8)4-7-3-9(15)14-13-7/h2-3,5H,4,12H2,1H3,(H2,13,14,15). The highest BCUT2D eigenvalue weighted by molar-refractivity contribution is 9.10. The molecule has 0 fully saturated rings. The Bertz CT molecular complexity index is 540. The number of hydrogen-bond donors (Lipinski definition) is 3. The molecule has 1 unspecified atom stereocenters. The maximum Gasteiger partial charge on any atom is 0.264 e. The predicted molar refractivity (Wildman–Crippen MR) is 68.7 cm³/mol. The second kappa shape index (κ2) is 4.20. The zero-order valence-electron chi connectivity index (χ0n) is 8.71. The minimum atomic E-state index is -0.470. The molecule has 0 aliphatic heterocycles. The van der Waals surface area contributed by atoms with Crippen molar-refractivity contribution in [1.29, 1.82) is 0 Å². The largest absolute Gasteiger partial charge is 0.321 e. The van der Waals surface area contributed by atoms with E-state index < -0.39 is 5.54 Å². The van der Waals surface area contributed by atoms with Crippen LogP contribution in [0, 0.1) is 0 Å². The molecule has 2 aromatic rings. The van der Waals surface area contributed by atoms with Gasteiger partial charge in [-0.3, -0.25) is 9.89 Å². The SMILES string of the molecule is CC(N)(Cc1cc(=O)[nH][nH]1)c1cc(Br)cs1. The number of rotatable bonds is 3. The smallest absolute Gasteiger partial charge is 0.264 e. The molecule has 6 heteroatoms. The van der Waals surface area contributed by atoms with Gasteiger partial charge < -0.3 is 10.8 Å². The molecule has 0 radical (unpaired) electrons. The lowest BCUT2D eigenvalue weighted by Gasteiger charge is -2.22. The van der Waals surface area contributed by atoms with E-state index in [0.29, 0.717) is 6.42 Å². The predicted octanol–water partition coefficient (Wildman–Crippen LogP) is 1.94. The van der Waals surface area contributed by atoms with Crippen molar-refractivity contribution < 1.29 is 0 Å². The summed E-state index contributed by atoms with van der Waals surface area (Å²) in [6.45, 7) is 1.95. The normalized spacial score (nSPS) is 14.9. The van der Waals surface area contributed by atoms with Gasteiger partial charge in [0.25, 0.3) is 5.56 Å². The molecule has 0 spiro atoms. The van der Waals surface area contributed by atoms with Crippen molar-refractivity contribution in [3.05, 3.63) is 42.9 Å². The number of H-pyrrole nitrogens is 2. The zero-order chi connectivity index (χ0) is 11.8. The van der Waals surface area contributed by atoms with E-state index in [9.17, 15) is 4.79 Å². The van der Waals surface area contributed by atoms with Crippen molar-refractivity contribution in [1.82, 2.24) is 10.2 Å². The summed E-state index contributed by atoms with van der Waals surface area (Å²) >= 11 is 5.01. The molecule has 2 rings (SSSR count). The van der Waals surface area contributed by atoms with Gasteiger partial charge in [-0.05, 0) is 28.9 Å². The molecule has 0 saturated carbocycles. The van der Waals surface area contributed by atoms with Crippen LogP contribution in [0.2, 0.25) is 0 Å². The van der Waals surface area contributed by atoms with E-state index in [2.05, 4.69) is 26.1 Å². The van der Waals surface area contributed by atoms with Gasteiger partial charge in [0, 0.05) is 32.9 Å². The third kappa shape index (κ3) is 2.45. The number of nitrogens with two attached hydrogens (primary N) is 1. The molecular formula is C10H12BrN3OS. The Kier molecular flexibility index (Phi) is 3.05. The van der Waals surface area contributed by atoms with Crippen LogP contribution in [0.5, 0.6) is 0 Å². The third-order valence-electron chi connectivity index (χ3n) is 2.34. The van der Waals surface area contributed by atoms with E-state index in [4.69, 9.17) is 5.73 Å². The molecule has 4 N–H and O–H groups in total. The fraction of sp³-hybridized carbons (Fsp3) is 0.300. The fourth-order valence-corrected chi connectivity index (χ4v) is 3.07. The van der Waals surface area contributed by atoms with Crippen molar-refractivity contribution in [2.24, 2.45) is 5.73 Å². The van der Waals surface area contributed by atoms with E-state index >= 15 is 0 Å². The van der Waals surface area contributed by atoms with Gasteiger partial charge in [0.15, 0.2) is 0 Å². The second-order valence-corrected chi connectivity index (χ2v) is 5.83. The summed E-state index contributed by atoms with van der Waals surface area (Å²) in [6.07, 6.45) is 0.596. The van der Waals surface area contributed by atoms with Crippen LogP contribution >= 0.6 is 27.3 Å². The topological polar surface area (TPSA) is 74.7 Å². The average Bonchev–Trinajstić information content (AvgIpc) is 2.75. The molecule has 86 valence electrons. The summed E-state index contributed by atoms with van der Waals surface area (Å²) in [5.74, 6) is 0. The van der Waals surface area contributed by atoms with Gasteiger partial charge >= 0.3 is 0 Å². The molecule has 0 aliphatic carbocycles. The Balaban J connectivity index is 2.23. The number of hydrogen-bond acceptors (Lipinski definition) is 3. The van der Waals surface area contributed by atoms with Gasteiger partial charge in [0.05, 0.1) is 5.54 Å². The van der Waals surface area contributed by atoms with Crippen molar-refractivity contribution in [2.45, 2.75) is 18.9 Å². The molecule has 0 aromatic carbocycles. The van der Waals surface area contributed by atoms with Gasteiger partial charge in [0.1, 0.15) is 0 Å². The molecule has 0 saturated heterocycles. The molecular weight excluding hydrogens is 290 g/mol. The molecule has 0 amide bonds. The molecule has 2 aromatic heterocycles. The first kappa shape index (κ1) is 11.6. The minimum Gasteiger partial charge on any atom is -0.321 e. The zero-order valence-corrected chi connectivity index (χ0v) is 11.1. The fourth-order valence-electron chi connectivity index (χ4n) is 1.56. The lowest BCUT2D eigenvalue weighted by atomic mass is 9.95. The number of halogens is 1. The van der Waals surface area contributed by atoms with Crippen molar-refractivity contribution >= 4 is 27.3 Å². The monoisotopic (exact) mass is 301 g/mol. The van der Waals surface area contributed by atoms with Crippen LogP contribution in [-0.2, 0) is 12.0 Å². The number of aromatic amines is 2. The maximum absolute atomic E-state index is 11.0. The lowest BCUT2D eigenvalue weighted by Crippen LogP contribution is -2.34. The summed E-state index contributed by atoms with van der Waals surface area (Å²) in [5.41, 5.74) is 6.47. The highest BCUT2D eigenvalue weighted by Gasteiger charge is 2.24. The van der Waals surface area contributed by atoms with E-state index in [1.807, 2.05) is 18.4 Å². The van der Waals surface area contributed by atoms with E-state index in [0.717, 1.165) is 15.0 Å². The van der Waals surface area contributed by atoms with Crippen LogP contribution in [0.15, 0.2) is 26.8 Å². The molecule has 0 aliphatic rings. The first-order valence-electron chi connectivity index (χ1n) is 4.77. The Morgan fingerprint density at radius 1 is 1.50 bits per heavy atom. The first-order chi connectivity index (χ1) is 7.47. The molecule has 16 heavy (non-hydrogen) atoms. The molecule has 0 bridgehead atoms. The van der Waals surface area contributed by atoms with Crippen molar-refractivity contribution in [2.75, 3.05) is 0 Å². The van der Waals surface area contributed by atoms with Gasteiger partial charge in [-0.15, -0.1) is 11.3 Å². The van der Waals surface area contributed by atoms with Crippen LogP contribution in [0.25, 0.3) is 0 Å². The highest BCUT2D eigenvalue weighted by atomic mass is 79.9. The summed E-state index contributed by atoms with van der Waals surface area (Å²) in [6, 6.07) is 3.54. The summed E-state index contributed by atoms with van der Waals surface area (Å²) < 4.78 is 1.03. The molecule has 4 nitrogen and oxygen atoms in total. The van der Waals surface area contributed by atoms with Gasteiger partial charge in [0.2, 0.25) is 0 Å². The van der Waals surface area contributed by atoms with Crippen LogP contribution in [-0.4, -0.2) is 10.2 Å². The summed E-state index contributed by atoms with van der Waals surface area (Å²) in [4.78, 5) is 12.1. The van der Waals surface area contributed by atoms with E-state index in [1.54, 1.807) is 11.3 Å². The van der Waals surface area contributed by atoms with Crippen LogP contribution < -0.4 is 11.3 Å². The quantitative estimate of drug-likeness (QED) is 0.810. The third-order valence-corrected chi connectivity index (χ3v) is 4.31. The minimum absolute atomic E-state index is 0.127. The number of nitrogens with one attached hydrogen (secondary N) is 2. The summed E-state index contributed by atoms with van der Waals surface area (Å²) in [7, 11) is 0. The van der Waals surface area contributed by atoms with Gasteiger partial charge in [-0.25, -0.2) is 0 Å². The molecule has 2 heterocycles. The Labute approximate surface area is 105 Å². The lowest BCUT2D eigenvalue weighted by molar-refractivity contribution is 0.495. The van der Waals surface area contributed by atoms with E-state index in [1.165, 1.54) is 6.07 Å². The average molecular weight is 302 g/mol. The summed E-state index contributed by atoms with van der Waals surface area (Å²) in [5, 5.41) is 7.32. The Hall–Kier alpha value is -0.850. The highest BCUT2D eigenvalue weighted by Crippen LogP contribution is 2.30. The van der Waals surface area contributed by atoms with Gasteiger partial charge in [-0.2, -0.15) is 0 Å². The first-order valence-corrected chi connectivity index (χ1v) is 6.44. The number of thiophene rings is 1. The van der Waals surface area contributed by atoms with E-state index in [-0.39, 0.29) is 5.56 Å². The van der Waals surface area contributed by atoms with Crippen LogP contribution in [0.1, 0.15) is 17.5 Å². The Morgan fingerprint density at radius 2 is 2.25 bits per heavy atom. The number of aromatic nitrogens is 2. The maximum atomic E-state index is 11.0. The van der Waals surface area contributed by atoms with Crippen molar-refractivity contribution in [3.63, 3.8) is 0 Å². The van der Waals surface area contributed by atoms with Crippen LogP contribution in [0.4, 0.5) is 0 Å². The molecule has 1 atom stereocenters. The second-order valence-electron chi connectivity index (χ2n) is 4.01. The Morgan fingerprint density at radius 3 is 2.75 bits per heavy atom. The van der Waals surface area contributed by atoms with Crippen molar-refractivity contribution in [3.8, 4) is 0 Å². The van der Waals surface area contributed by atoms with Crippen LogP contribution in [0.3, 0.4) is 0 Å². The van der Waals surface area contributed by atoms with Gasteiger partial charge in [-0.1, -0.05) is 0 Å².